The van der Waals surface area contributed by atoms with E-state index < -0.39 is 211 Å². The number of unbranched alkanes of at least 4 members (excludes halogenated alkanes) is 1. The summed E-state index contributed by atoms with van der Waals surface area (Å²) in [5.74, 6) is -17.8. The molecule has 126 heavy (non-hydrogen) atoms. The van der Waals surface area contributed by atoms with Crippen molar-refractivity contribution in [3.63, 3.8) is 0 Å². The van der Waals surface area contributed by atoms with Crippen molar-refractivity contribution >= 4 is 123 Å². The zero-order chi connectivity index (χ0) is 91.6. The Hall–Kier alpha value is -13.7. The molecule has 1 aromatic heterocycles. The zero-order valence-corrected chi connectivity index (χ0v) is 71.8. The quantitative estimate of drug-likeness (QED) is 0.0482. The van der Waals surface area contributed by atoms with E-state index in [1.54, 1.807) is 135 Å². The number of carboxylic acid groups (broad SMARTS) is 1. The van der Waals surface area contributed by atoms with E-state index in [9.17, 15) is 53.7 Å². The highest BCUT2D eigenvalue weighted by Gasteiger charge is 2.43. The maximum atomic E-state index is 15.5. The van der Waals surface area contributed by atoms with E-state index in [1.807, 2.05) is 6.92 Å². The van der Waals surface area contributed by atoms with Gasteiger partial charge in [-0.3, -0.25) is 76.7 Å². The molecule has 1 saturated heterocycles. The van der Waals surface area contributed by atoms with Gasteiger partial charge in [-0.2, -0.15) is 0 Å². The number of amides is 15. The first-order chi connectivity index (χ1) is 60.1. The third kappa shape index (κ3) is 26.7. The molecule has 2 bridgehead atoms. The maximum Gasteiger partial charge on any atom is 0.305 e. The number of hydrogen-bond donors (Lipinski definition) is 15. The number of benzene rings is 6. The number of para-hydroxylation sites is 1. The number of hydrogen-bond acceptors (Lipinski definition) is 20. The number of nitrogens with one attached hydrogen (secondary N) is 10. The number of likely N-dealkylation sites (N-methyl/N-ethyl adjacent to an activating group) is 4. The molecule has 15 amide bonds. The van der Waals surface area contributed by atoms with Crippen molar-refractivity contribution in [3.8, 4) is 11.5 Å². The van der Waals surface area contributed by atoms with Crippen molar-refractivity contribution in [2.45, 2.75) is 151 Å². The van der Waals surface area contributed by atoms with Gasteiger partial charge in [0.2, 0.25) is 88.6 Å². The number of primary amides is 1. The Kier molecular flexibility index (Phi) is 34.8. The van der Waals surface area contributed by atoms with Crippen LogP contribution in [-0.2, 0) is 115 Å². The second-order valence-corrected chi connectivity index (χ2v) is 32.6. The standard InChI is InChI=1S/C89H109N17O19S/c1-8-9-29-69-87(123)102(4)47-74(110)95-64(43-77(113)114)82(118)101-78(51(2)3)89(125)104(6)71(38-53-23-15-11-16-24-53)84(120)98-66-40-56-32-35-59(108)42-70(56)106(86(66)122)48-75(111)94-63(41-57-45-92-61-28-20-19-27-60(57)61)81(117)97-62(36-55-30-33-58(107)34-31-55)80(116)99-67(44-90)83(119)100-68(79(115)93-46-73(91)109)49-126-50-76(112)96-65(37-52-21-13-10-14-22-52)85(121)105(7)72(88(124)103(69)5)39-54-25-17-12-18-26-54/h10-28,30-35,42,45,51,62-69,71-72,78,92,107-108H,8-9,29,36-41,43-44,46-50,90H2,1-7H3,(H2,91,109)(H,93,115)(H,94,111)(H,95,110)(H,96,112)(H,97,117)(H,98,120)(H,99,116)(H,100,119)(H,101,118)(H,113,114)/t62?,63-,64-,65-,66-,67-,68-,69-,71-,72-,78-/m0/s1. The smallest absolute Gasteiger partial charge is 0.305 e. The number of aromatic amines is 1. The maximum absolute atomic E-state index is 15.5. The Morgan fingerprint density at radius 2 is 1.04 bits per heavy atom. The van der Waals surface area contributed by atoms with Gasteiger partial charge in [-0.05, 0) is 70.0 Å². The molecule has 9 rings (SSSR count). The molecule has 37 heteroatoms. The molecule has 7 aromatic rings. The van der Waals surface area contributed by atoms with Crippen LogP contribution in [0.5, 0.6) is 11.5 Å². The number of nitrogens with zero attached hydrogens (tertiary/aromatic N) is 5. The highest BCUT2D eigenvalue weighted by molar-refractivity contribution is 8.00. The predicted molar refractivity (Wildman–Crippen MR) is 466 cm³/mol. The number of rotatable bonds is 20. The zero-order valence-electron chi connectivity index (χ0n) is 71.0. The number of fused-ring (bicyclic) bond motifs is 5. The van der Waals surface area contributed by atoms with Crippen molar-refractivity contribution in [1.29, 1.82) is 0 Å². The van der Waals surface area contributed by atoms with Crippen LogP contribution in [0.1, 0.15) is 79.8 Å². The van der Waals surface area contributed by atoms with Crippen LogP contribution in [0.4, 0.5) is 5.69 Å². The Labute approximate surface area is 732 Å². The highest BCUT2D eigenvalue weighted by atomic mass is 32.2. The lowest BCUT2D eigenvalue weighted by Gasteiger charge is -2.37. The summed E-state index contributed by atoms with van der Waals surface area (Å²) < 4.78 is 0. The van der Waals surface area contributed by atoms with Crippen LogP contribution in [0, 0.1) is 5.92 Å². The van der Waals surface area contributed by atoms with Crippen molar-refractivity contribution in [3.05, 3.63) is 197 Å². The minimum atomic E-state index is -1.90. The molecule has 2 aliphatic rings. The average Bonchev–Trinajstić information content (AvgIpc) is 1.10. The fourth-order valence-corrected chi connectivity index (χ4v) is 15.7. The molecule has 0 aliphatic carbocycles. The number of phenols is 2. The third-order valence-corrected chi connectivity index (χ3v) is 22.8. The summed E-state index contributed by atoms with van der Waals surface area (Å²) in [6.07, 6.45) is 0.107. The molecule has 670 valence electrons. The Bertz CT molecular complexity index is 5080. The molecule has 0 saturated carbocycles. The molecular weight excluding hydrogens is 1640 g/mol. The number of H-pyrrole nitrogens is 1. The number of thioether (sulfide) groups is 1. The van der Waals surface area contributed by atoms with Crippen LogP contribution in [0.3, 0.4) is 0 Å². The summed E-state index contributed by atoms with van der Waals surface area (Å²) in [6.45, 7) is 1.89. The number of phenolic OH excluding ortho intramolecular Hbond substituents is 2. The van der Waals surface area contributed by atoms with Crippen molar-refractivity contribution in [1.82, 2.24) is 72.4 Å². The molecule has 1 fully saturated rings. The molecule has 2 aliphatic heterocycles. The minimum Gasteiger partial charge on any atom is -0.508 e. The van der Waals surface area contributed by atoms with E-state index >= 15 is 38.4 Å². The summed E-state index contributed by atoms with van der Waals surface area (Å²) >= 11 is 0.790. The predicted octanol–water partition coefficient (Wildman–Crippen LogP) is 0.127. The van der Waals surface area contributed by atoms with E-state index in [1.165, 1.54) is 70.7 Å². The Balaban J connectivity index is 1.10. The fourth-order valence-electron chi connectivity index (χ4n) is 14.9. The second kappa shape index (κ2) is 45.6. The molecule has 6 aromatic carbocycles. The summed E-state index contributed by atoms with van der Waals surface area (Å²) in [6, 6.07) is 24.9. The van der Waals surface area contributed by atoms with Gasteiger partial charge >= 0.3 is 5.97 Å². The molecular formula is C89H109N17O19S. The van der Waals surface area contributed by atoms with Crippen molar-refractivity contribution < 1.29 is 92.0 Å². The van der Waals surface area contributed by atoms with E-state index in [-0.39, 0.29) is 62.1 Å². The summed E-state index contributed by atoms with van der Waals surface area (Å²) in [7, 11) is 5.25. The number of aromatic nitrogens is 1. The normalized spacial score (nSPS) is 22.3. The SMILES string of the molecule is CCCC[C@H]1C(=O)N(C)CC(=O)N[C@@H](CC(=O)O)C(=O)N[C@@H](C(C)C)C(=O)N(C)[C@@H](Cc2ccccc2)C(=O)N[C@H]2Cc3ccc(O)cc3N(CC(=O)N[C@@H](Cc3c[nH]c4ccccc34)C(=O)NC(Cc3ccc(O)cc3)C(=O)N[C@@H](CN)C(=O)N[C@H](C(=O)NCC(N)=O)CSCC(=O)N[C@@H](Cc3ccccc3)C(=O)N(C)[C@@H](Cc3ccccc3)C(=O)N1C)C2=O. The van der Waals surface area contributed by atoms with Crippen LogP contribution < -0.4 is 64.2 Å². The Morgan fingerprint density at radius 1 is 0.516 bits per heavy atom. The van der Waals surface area contributed by atoms with Crippen LogP contribution in [0.2, 0.25) is 0 Å². The van der Waals surface area contributed by atoms with Crippen LogP contribution >= 0.6 is 11.8 Å². The third-order valence-electron chi connectivity index (χ3n) is 21.8. The van der Waals surface area contributed by atoms with Crippen molar-refractivity contribution in [2.75, 3.05) is 70.8 Å². The highest BCUT2D eigenvalue weighted by Crippen LogP contribution is 2.32. The van der Waals surface area contributed by atoms with E-state index in [0.717, 1.165) is 36.3 Å². The summed E-state index contributed by atoms with van der Waals surface area (Å²) in [5.41, 5.74) is 15.2. The first kappa shape index (κ1) is 96.1. The average molecular weight is 1750 g/mol. The first-order valence-electron chi connectivity index (χ1n) is 41.2. The summed E-state index contributed by atoms with van der Waals surface area (Å²) in [4.78, 5) is 242. The number of carbonyl (C=O) groups excluding carboxylic acids is 15. The van der Waals surface area contributed by atoms with Gasteiger partial charge < -0.3 is 104 Å². The number of carbonyl (C=O) groups is 16. The monoisotopic (exact) mass is 1750 g/mol. The lowest BCUT2D eigenvalue weighted by atomic mass is 9.95. The topological polar surface area (TPSA) is 526 Å². The lowest BCUT2D eigenvalue weighted by Crippen LogP contribution is -2.62. The van der Waals surface area contributed by atoms with E-state index in [2.05, 4.69) is 52.8 Å². The van der Waals surface area contributed by atoms with Gasteiger partial charge in [-0.1, -0.05) is 161 Å². The van der Waals surface area contributed by atoms with Gasteiger partial charge in [-0.25, -0.2) is 0 Å². The van der Waals surface area contributed by atoms with Gasteiger partial charge in [0.25, 0.3) is 0 Å². The molecule has 3 heterocycles. The van der Waals surface area contributed by atoms with E-state index in [4.69, 9.17) is 11.5 Å². The van der Waals surface area contributed by atoms with Gasteiger partial charge in [0.15, 0.2) is 0 Å². The van der Waals surface area contributed by atoms with Crippen LogP contribution in [0.25, 0.3) is 10.9 Å². The number of nitrogens with two attached hydrogens (primary N) is 2. The number of aliphatic carboxylic acids is 1. The van der Waals surface area contributed by atoms with Crippen molar-refractivity contribution in [2.24, 2.45) is 17.4 Å². The van der Waals surface area contributed by atoms with Crippen LogP contribution in [-0.4, -0.2) is 267 Å². The molecule has 36 nitrogen and oxygen atoms in total. The number of aromatic hydroxyl groups is 2. The Morgan fingerprint density at radius 3 is 1.65 bits per heavy atom. The molecule has 1 unspecified atom stereocenters. The molecule has 11 atom stereocenters. The van der Waals surface area contributed by atoms with Crippen LogP contribution in [0.15, 0.2) is 164 Å². The first-order valence-corrected chi connectivity index (χ1v) is 42.4. The van der Waals surface area contributed by atoms with Gasteiger partial charge in [-0.15, -0.1) is 11.8 Å². The van der Waals surface area contributed by atoms with E-state index in [0.29, 0.717) is 57.1 Å². The molecule has 0 spiro atoms. The van der Waals surface area contributed by atoms with Gasteiger partial charge in [0.1, 0.15) is 84.5 Å². The number of anilines is 1. The minimum absolute atomic E-state index is 0.0266. The van der Waals surface area contributed by atoms with Gasteiger partial charge in [0, 0.05) is 102 Å². The summed E-state index contributed by atoms with van der Waals surface area (Å²) in [5, 5.41) is 55.5. The second-order valence-electron chi connectivity index (χ2n) is 31.5. The molecule has 17 N–H and O–H groups in total. The van der Waals surface area contributed by atoms with Gasteiger partial charge in [0.05, 0.1) is 31.0 Å². The lowest BCUT2D eigenvalue weighted by molar-refractivity contribution is -0.151. The fraction of sp³-hybridized carbons (Fsp3) is 0.393. The largest absolute Gasteiger partial charge is 0.508 e. The number of carboxylic acids is 1. The molecule has 0 radical (unpaired) electrons.